The van der Waals surface area contributed by atoms with Gasteiger partial charge in [0.2, 0.25) is 0 Å². The Bertz CT molecular complexity index is 1090. The third-order valence-electron chi connectivity index (χ3n) is 3.81. The molecule has 0 unspecified atom stereocenters. The largest absolute Gasteiger partial charge is 0.416 e. The van der Waals surface area contributed by atoms with E-state index in [1.807, 2.05) is 0 Å². The predicted octanol–water partition coefficient (Wildman–Crippen LogP) is 5.57. The summed E-state index contributed by atoms with van der Waals surface area (Å²) in [5.74, 6) is -0.607. The molecule has 0 saturated heterocycles. The van der Waals surface area contributed by atoms with Gasteiger partial charge in [-0.15, -0.1) is 11.3 Å². The Morgan fingerprint density at radius 2 is 2.00 bits per heavy atom. The average molecular weight is 442 g/mol. The summed E-state index contributed by atoms with van der Waals surface area (Å²) in [5.41, 5.74) is -0.489. The van der Waals surface area contributed by atoms with Crippen molar-refractivity contribution in [3.63, 3.8) is 0 Å². The molecule has 6 nitrogen and oxygen atoms in total. The normalized spacial score (nSPS) is 11.3. The number of benzene rings is 2. The summed E-state index contributed by atoms with van der Waals surface area (Å²) in [6.45, 7) is 0. The zero-order valence-corrected chi connectivity index (χ0v) is 15.9. The standard InChI is InChI=1S/C18H11ClF3N3O3S/c19-15-8-12(25(27)28)4-5-14(15)16(26)24-17-23-9-13(29-17)7-10-2-1-3-11(6-10)18(20,21)22/h1-6,8-9H,7H2,(H,23,24,26). The molecule has 11 heteroatoms. The predicted molar refractivity (Wildman–Crippen MR) is 102 cm³/mol. The molecule has 0 saturated carbocycles. The number of amides is 1. The number of carbonyl (C=O) groups is 1. The van der Waals surface area contributed by atoms with E-state index in [1.165, 1.54) is 18.3 Å². The van der Waals surface area contributed by atoms with Gasteiger partial charge in [0.1, 0.15) is 0 Å². The number of thiazole rings is 1. The van der Waals surface area contributed by atoms with Crippen molar-refractivity contribution in [1.82, 2.24) is 4.98 Å². The lowest BCUT2D eigenvalue weighted by molar-refractivity contribution is -0.384. The lowest BCUT2D eigenvalue weighted by atomic mass is 10.1. The smallest absolute Gasteiger partial charge is 0.298 e. The van der Waals surface area contributed by atoms with Crippen molar-refractivity contribution in [3.8, 4) is 0 Å². The maximum absolute atomic E-state index is 12.8. The SMILES string of the molecule is O=C(Nc1ncc(Cc2cccc(C(F)(F)F)c2)s1)c1ccc([N+](=O)[O-])cc1Cl. The summed E-state index contributed by atoms with van der Waals surface area (Å²) in [6.07, 6.45) is -2.75. The van der Waals surface area contributed by atoms with Crippen LogP contribution in [0.1, 0.15) is 26.4 Å². The van der Waals surface area contributed by atoms with Crippen LogP contribution in [-0.2, 0) is 12.6 Å². The molecule has 0 fully saturated rings. The van der Waals surface area contributed by atoms with Crippen molar-refractivity contribution >= 4 is 39.7 Å². The molecule has 0 aliphatic carbocycles. The first kappa shape index (κ1) is 20.7. The maximum Gasteiger partial charge on any atom is 0.416 e. The van der Waals surface area contributed by atoms with Gasteiger partial charge in [0.05, 0.1) is 21.1 Å². The number of hydrogen-bond donors (Lipinski definition) is 1. The van der Waals surface area contributed by atoms with Crippen LogP contribution in [0.3, 0.4) is 0 Å². The number of alkyl halides is 3. The quantitative estimate of drug-likeness (QED) is 0.414. The Balaban J connectivity index is 1.71. The number of halogens is 4. The highest BCUT2D eigenvalue weighted by Gasteiger charge is 2.30. The van der Waals surface area contributed by atoms with E-state index in [2.05, 4.69) is 10.3 Å². The van der Waals surface area contributed by atoms with Gasteiger partial charge in [0.15, 0.2) is 5.13 Å². The van der Waals surface area contributed by atoms with Gasteiger partial charge in [-0.2, -0.15) is 13.2 Å². The van der Waals surface area contributed by atoms with E-state index >= 15 is 0 Å². The molecule has 0 aliphatic heterocycles. The lowest BCUT2D eigenvalue weighted by Crippen LogP contribution is -2.12. The van der Waals surface area contributed by atoms with E-state index in [-0.39, 0.29) is 27.8 Å². The summed E-state index contributed by atoms with van der Waals surface area (Å²) in [6, 6.07) is 8.42. The van der Waals surface area contributed by atoms with E-state index in [9.17, 15) is 28.1 Å². The Morgan fingerprint density at radius 3 is 2.66 bits per heavy atom. The average Bonchev–Trinajstić information content (AvgIpc) is 3.07. The van der Waals surface area contributed by atoms with E-state index in [4.69, 9.17) is 11.6 Å². The van der Waals surface area contributed by atoms with Crippen LogP contribution >= 0.6 is 22.9 Å². The second-order valence-electron chi connectivity index (χ2n) is 5.88. The summed E-state index contributed by atoms with van der Waals surface area (Å²) in [7, 11) is 0. The van der Waals surface area contributed by atoms with Crippen molar-refractivity contribution in [1.29, 1.82) is 0 Å². The number of aromatic nitrogens is 1. The van der Waals surface area contributed by atoms with Gasteiger partial charge in [-0.25, -0.2) is 4.98 Å². The Morgan fingerprint density at radius 1 is 1.24 bits per heavy atom. The molecular formula is C18H11ClF3N3O3S. The lowest BCUT2D eigenvalue weighted by Gasteiger charge is -2.07. The number of carbonyl (C=O) groups excluding carboxylic acids is 1. The molecule has 0 radical (unpaired) electrons. The molecule has 3 rings (SSSR count). The molecule has 1 heterocycles. The summed E-state index contributed by atoms with van der Waals surface area (Å²) in [4.78, 5) is 27.1. The van der Waals surface area contributed by atoms with Crippen LogP contribution in [0.15, 0.2) is 48.7 Å². The summed E-state index contributed by atoms with van der Waals surface area (Å²) < 4.78 is 38.4. The second kappa shape index (κ2) is 8.18. The number of anilines is 1. The van der Waals surface area contributed by atoms with Gasteiger partial charge in [-0.05, 0) is 17.7 Å². The minimum absolute atomic E-state index is 0.0342. The number of nitro benzene ring substituents is 1. The molecule has 0 bridgehead atoms. The number of hydrogen-bond acceptors (Lipinski definition) is 5. The summed E-state index contributed by atoms with van der Waals surface area (Å²) >= 11 is 7.03. The van der Waals surface area contributed by atoms with Crippen molar-refractivity contribution < 1.29 is 22.9 Å². The minimum atomic E-state index is -4.42. The van der Waals surface area contributed by atoms with Crippen LogP contribution in [0, 0.1) is 10.1 Å². The van der Waals surface area contributed by atoms with Crippen LogP contribution in [0.2, 0.25) is 5.02 Å². The van der Waals surface area contributed by atoms with Gasteiger partial charge in [0, 0.05) is 29.6 Å². The molecule has 1 aromatic heterocycles. The van der Waals surface area contributed by atoms with Crippen LogP contribution in [0.5, 0.6) is 0 Å². The van der Waals surface area contributed by atoms with Crippen molar-refractivity contribution in [3.05, 3.63) is 85.4 Å². The third kappa shape index (κ3) is 5.09. The maximum atomic E-state index is 12.8. The van der Waals surface area contributed by atoms with Gasteiger partial charge >= 0.3 is 6.18 Å². The van der Waals surface area contributed by atoms with Gasteiger partial charge in [0.25, 0.3) is 11.6 Å². The number of non-ortho nitro benzene ring substituents is 1. The molecule has 0 spiro atoms. The van der Waals surface area contributed by atoms with E-state index < -0.39 is 22.6 Å². The number of nitrogens with one attached hydrogen (secondary N) is 1. The third-order valence-corrected chi connectivity index (χ3v) is 5.04. The fourth-order valence-corrected chi connectivity index (χ4v) is 3.57. The van der Waals surface area contributed by atoms with Gasteiger partial charge < -0.3 is 0 Å². The fourth-order valence-electron chi connectivity index (χ4n) is 2.47. The number of nitro groups is 1. The van der Waals surface area contributed by atoms with Crippen LogP contribution in [-0.4, -0.2) is 15.8 Å². The first-order valence-electron chi connectivity index (χ1n) is 7.99. The van der Waals surface area contributed by atoms with Crippen molar-refractivity contribution in [2.45, 2.75) is 12.6 Å². The molecule has 0 aliphatic rings. The highest BCUT2D eigenvalue weighted by atomic mass is 35.5. The first-order valence-corrected chi connectivity index (χ1v) is 9.19. The Kier molecular flexibility index (Phi) is 5.85. The van der Waals surface area contributed by atoms with Gasteiger partial charge in [-0.1, -0.05) is 29.8 Å². The topological polar surface area (TPSA) is 85.1 Å². The first-order chi connectivity index (χ1) is 13.6. The monoisotopic (exact) mass is 441 g/mol. The molecular weight excluding hydrogens is 431 g/mol. The number of nitrogens with zero attached hydrogens (tertiary/aromatic N) is 2. The van der Waals surface area contributed by atoms with Crippen molar-refractivity contribution in [2.75, 3.05) is 5.32 Å². The molecule has 150 valence electrons. The minimum Gasteiger partial charge on any atom is -0.298 e. The molecule has 0 atom stereocenters. The van der Waals surface area contributed by atoms with E-state index in [1.54, 1.807) is 6.07 Å². The highest BCUT2D eigenvalue weighted by molar-refractivity contribution is 7.15. The van der Waals surface area contributed by atoms with Crippen LogP contribution in [0.4, 0.5) is 24.0 Å². The summed E-state index contributed by atoms with van der Waals surface area (Å²) in [5, 5.41) is 13.4. The molecule has 2 aromatic carbocycles. The zero-order valence-electron chi connectivity index (χ0n) is 14.4. The van der Waals surface area contributed by atoms with Crippen LogP contribution < -0.4 is 5.32 Å². The molecule has 1 N–H and O–H groups in total. The molecule has 29 heavy (non-hydrogen) atoms. The van der Waals surface area contributed by atoms with Gasteiger partial charge in [-0.3, -0.25) is 20.2 Å². The fraction of sp³-hybridized carbons (Fsp3) is 0.111. The second-order valence-corrected chi connectivity index (χ2v) is 7.40. The highest BCUT2D eigenvalue weighted by Crippen LogP contribution is 2.31. The van der Waals surface area contributed by atoms with E-state index in [0.29, 0.717) is 10.4 Å². The van der Waals surface area contributed by atoms with Crippen LogP contribution in [0.25, 0.3) is 0 Å². The Hall–Kier alpha value is -2.98. The number of rotatable bonds is 5. The Labute approximate surface area is 171 Å². The van der Waals surface area contributed by atoms with E-state index in [0.717, 1.165) is 35.6 Å². The molecule has 3 aromatic rings. The zero-order chi connectivity index (χ0) is 21.2. The van der Waals surface area contributed by atoms with Crippen molar-refractivity contribution in [2.24, 2.45) is 0 Å². The molecule has 1 amide bonds.